The summed E-state index contributed by atoms with van der Waals surface area (Å²) in [5.41, 5.74) is 1.23. The van der Waals surface area contributed by atoms with Crippen LogP contribution in [0.4, 0.5) is 5.82 Å². The summed E-state index contributed by atoms with van der Waals surface area (Å²) in [6.07, 6.45) is 1.80. The largest absolute Gasteiger partial charge is 0.354 e. The maximum Gasteiger partial charge on any atom is 0.142 e. The summed E-state index contributed by atoms with van der Waals surface area (Å²) in [6, 6.07) is 10.2. The Morgan fingerprint density at radius 3 is 2.50 bits per heavy atom. The summed E-state index contributed by atoms with van der Waals surface area (Å²) in [4.78, 5) is 6.53. The number of rotatable bonds is 3. The van der Waals surface area contributed by atoms with Gasteiger partial charge in [-0.3, -0.25) is 0 Å². The second-order valence-electron chi connectivity index (χ2n) is 3.91. The summed E-state index contributed by atoms with van der Waals surface area (Å²) in [5, 5.41) is 0. The standard InChI is InChI=1S/C13H11Br3N2/c1-18(8-9-4-2-3-5-11(9)15)13-12(16)6-10(14)7-17-13/h2-7H,8H2,1H3. The van der Waals surface area contributed by atoms with Crippen LogP contribution >= 0.6 is 47.8 Å². The molecule has 0 fully saturated rings. The fraction of sp³-hybridized carbons (Fsp3) is 0.154. The molecule has 0 saturated carbocycles. The molecule has 0 aliphatic heterocycles. The third kappa shape index (κ3) is 3.33. The van der Waals surface area contributed by atoms with Gasteiger partial charge in [0.05, 0.1) is 4.47 Å². The van der Waals surface area contributed by atoms with Gasteiger partial charge >= 0.3 is 0 Å². The maximum absolute atomic E-state index is 4.42. The Morgan fingerprint density at radius 2 is 1.83 bits per heavy atom. The minimum atomic E-state index is 0.800. The lowest BCUT2D eigenvalue weighted by molar-refractivity contribution is 0.889. The first kappa shape index (κ1) is 14.0. The van der Waals surface area contributed by atoms with Crippen molar-refractivity contribution in [3.63, 3.8) is 0 Å². The Bertz CT molecular complexity index is 558. The van der Waals surface area contributed by atoms with E-state index in [4.69, 9.17) is 0 Å². The van der Waals surface area contributed by atoms with Gasteiger partial charge in [-0.05, 0) is 49.6 Å². The van der Waals surface area contributed by atoms with E-state index in [0.717, 1.165) is 25.8 Å². The van der Waals surface area contributed by atoms with Crippen molar-refractivity contribution in [2.24, 2.45) is 0 Å². The highest BCUT2D eigenvalue weighted by Gasteiger charge is 2.09. The van der Waals surface area contributed by atoms with Crippen LogP contribution in [-0.2, 0) is 6.54 Å². The molecule has 18 heavy (non-hydrogen) atoms. The van der Waals surface area contributed by atoms with Crippen LogP contribution in [0.3, 0.4) is 0 Å². The van der Waals surface area contributed by atoms with Crippen LogP contribution in [0, 0.1) is 0 Å². The first-order valence-corrected chi connectivity index (χ1v) is 7.71. The highest BCUT2D eigenvalue weighted by atomic mass is 79.9. The van der Waals surface area contributed by atoms with E-state index in [2.05, 4.69) is 63.7 Å². The van der Waals surface area contributed by atoms with Gasteiger partial charge in [0.2, 0.25) is 0 Å². The Morgan fingerprint density at radius 1 is 1.11 bits per heavy atom. The van der Waals surface area contributed by atoms with Gasteiger partial charge in [-0.15, -0.1) is 0 Å². The molecule has 2 rings (SSSR count). The average molecular weight is 435 g/mol. The molecular weight excluding hydrogens is 424 g/mol. The second kappa shape index (κ2) is 6.17. The van der Waals surface area contributed by atoms with Crippen LogP contribution in [0.25, 0.3) is 0 Å². The molecule has 0 unspecified atom stereocenters. The highest BCUT2D eigenvalue weighted by Crippen LogP contribution is 2.28. The van der Waals surface area contributed by atoms with E-state index >= 15 is 0 Å². The van der Waals surface area contributed by atoms with E-state index in [-0.39, 0.29) is 0 Å². The molecule has 0 aliphatic rings. The Labute approximate surface area is 132 Å². The van der Waals surface area contributed by atoms with Crippen LogP contribution in [0.1, 0.15) is 5.56 Å². The van der Waals surface area contributed by atoms with Crippen LogP contribution in [-0.4, -0.2) is 12.0 Å². The predicted octanol–water partition coefficient (Wildman–Crippen LogP) is 5.01. The zero-order valence-electron chi connectivity index (χ0n) is 9.70. The number of nitrogens with zero attached hydrogens (tertiary/aromatic N) is 2. The van der Waals surface area contributed by atoms with Crippen LogP contribution in [0.2, 0.25) is 0 Å². The Kier molecular flexibility index (Phi) is 4.81. The lowest BCUT2D eigenvalue weighted by Gasteiger charge is -2.20. The van der Waals surface area contributed by atoms with Crippen molar-refractivity contribution in [1.82, 2.24) is 4.98 Å². The van der Waals surface area contributed by atoms with Gasteiger partial charge in [-0.1, -0.05) is 34.1 Å². The van der Waals surface area contributed by atoms with Crippen molar-refractivity contribution in [2.75, 3.05) is 11.9 Å². The summed E-state index contributed by atoms with van der Waals surface area (Å²) >= 11 is 10.5. The first-order valence-electron chi connectivity index (χ1n) is 5.33. The topological polar surface area (TPSA) is 16.1 Å². The number of pyridine rings is 1. The molecule has 1 aromatic carbocycles. The highest BCUT2D eigenvalue weighted by molar-refractivity contribution is 9.11. The number of anilines is 1. The number of benzene rings is 1. The molecule has 2 aromatic rings. The monoisotopic (exact) mass is 432 g/mol. The predicted molar refractivity (Wildman–Crippen MR) is 85.9 cm³/mol. The Balaban J connectivity index is 2.22. The van der Waals surface area contributed by atoms with Crippen LogP contribution in [0.5, 0.6) is 0 Å². The lowest BCUT2D eigenvalue weighted by atomic mass is 10.2. The van der Waals surface area contributed by atoms with E-state index in [1.807, 2.05) is 31.3 Å². The van der Waals surface area contributed by atoms with Crippen LogP contribution in [0.15, 0.2) is 49.9 Å². The molecule has 0 radical (unpaired) electrons. The molecule has 2 nitrogen and oxygen atoms in total. The minimum absolute atomic E-state index is 0.800. The normalized spacial score (nSPS) is 10.4. The van der Waals surface area contributed by atoms with Crippen molar-refractivity contribution < 1.29 is 0 Å². The van der Waals surface area contributed by atoms with Gasteiger partial charge < -0.3 is 4.90 Å². The molecule has 0 aliphatic carbocycles. The molecule has 0 amide bonds. The van der Waals surface area contributed by atoms with E-state index in [9.17, 15) is 0 Å². The molecule has 94 valence electrons. The van der Waals surface area contributed by atoms with E-state index in [1.165, 1.54) is 5.56 Å². The van der Waals surface area contributed by atoms with E-state index in [0.29, 0.717) is 0 Å². The molecule has 0 N–H and O–H groups in total. The molecule has 1 aromatic heterocycles. The van der Waals surface area contributed by atoms with Gasteiger partial charge in [0, 0.05) is 28.7 Å². The molecule has 0 spiro atoms. The minimum Gasteiger partial charge on any atom is -0.354 e. The third-order valence-corrected chi connectivity index (χ3v) is 4.31. The molecule has 0 atom stereocenters. The molecule has 1 heterocycles. The van der Waals surface area contributed by atoms with Gasteiger partial charge in [-0.25, -0.2) is 4.98 Å². The quantitative estimate of drug-likeness (QED) is 0.675. The van der Waals surface area contributed by atoms with Crippen molar-refractivity contribution >= 4 is 53.6 Å². The molecular formula is C13H11Br3N2. The van der Waals surface area contributed by atoms with Gasteiger partial charge in [-0.2, -0.15) is 0 Å². The number of hydrogen-bond donors (Lipinski definition) is 0. The van der Waals surface area contributed by atoms with Crippen LogP contribution < -0.4 is 4.90 Å². The van der Waals surface area contributed by atoms with Gasteiger partial charge in [0.15, 0.2) is 0 Å². The summed E-state index contributed by atoms with van der Waals surface area (Å²) in [5.74, 6) is 0.925. The van der Waals surface area contributed by atoms with Crippen molar-refractivity contribution in [1.29, 1.82) is 0 Å². The fourth-order valence-electron chi connectivity index (χ4n) is 1.65. The summed E-state index contributed by atoms with van der Waals surface area (Å²) in [7, 11) is 2.03. The van der Waals surface area contributed by atoms with E-state index in [1.54, 1.807) is 6.20 Å². The SMILES string of the molecule is CN(Cc1ccccc1Br)c1ncc(Br)cc1Br. The molecule has 0 bridgehead atoms. The number of halogens is 3. The Hall–Kier alpha value is -0.390. The number of aromatic nitrogens is 1. The zero-order chi connectivity index (χ0) is 13.1. The average Bonchev–Trinajstić information content (AvgIpc) is 2.32. The van der Waals surface area contributed by atoms with Crippen molar-refractivity contribution in [2.45, 2.75) is 6.54 Å². The number of hydrogen-bond acceptors (Lipinski definition) is 2. The lowest BCUT2D eigenvalue weighted by Crippen LogP contribution is -2.18. The molecule has 5 heteroatoms. The second-order valence-corrected chi connectivity index (χ2v) is 6.53. The molecule has 0 saturated heterocycles. The zero-order valence-corrected chi connectivity index (χ0v) is 14.5. The third-order valence-electron chi connectivity index (χ3n) is 2.52. The smallest absolute Gasteiger partial charge is 0.142 e. The maximum atomic E-state index is 4.42. The van der Waals surface area contributed by atoms with E-state index < -0.39 is 0 Å². The first-order chi connectivity index (χ1) is 8.58. The van der Waals surface area contributed by atoms with Crippen molar-refractivity contribution in [3.05, 3.63) is 55.5 Å². The van der Waals surface area contributed by atoms with Gasteiger partial charge in [0.25, 0.3) is 0 Å². The summed E-state index contributed by atoms with van der Waals surface area (Å²) < 4.78 is 3.06. The fourth-order valence-corrected chi connectivity index (χ4v) is 3.35. The van der Waals surface area contributed by atoms with Crippen molar-refractivity contribution in [3.8, 4) is 0 Å². The van der Waals surface area contributed by atoms with Gasteiger partial charge in [0.1, 0.15) is 5.82 Å². The summed E-state index contributed by atoms with van der Waals surface area (Å²) in [6.45, 7) is 0.800.